The predicted molar refractivity (Wildman–Crippen MR) is 48.7 cm³/mol. The third kappa shape index (κ3) is 2.34. The van der Waals surface area contributed by atoms with Gasteiger partial charge in [-0.25, -0.2) is 0 Å². The number of nitrogens with one attached hydrogen (secondary N) is 1. The molecule has 0 saturated heterocycles. The fraction of sp³-hybridized carbons (Fsp3) is 0.333. The molecule has 0 aromatic heterocycles. The molecule has 0 radical (unpaired) electrons. The molecule has 1 atom stereocenters. The summed E-state index contributed by atoms with van der Waals surface area (Å²) in [6.07, 6.45) is -0.670. The van der Waals surface area contributed by atoms with E-state index in [4.69, 9.17) is 10.2 Å². The molecule has 0 aliphatic carbocycles. The molecule has 1 rings (SSSR count). The molecule has 0 amide bonds. The van der Waals surface area contributed by atoms with Gasteiger partial charge in [-0.15, -0.1) is 0 Å². The van der Waals surface area contributed by atoms with Crippen molar-refractivity contribution in [3.05, 3.63) is 23.8 Å². The average molecular weight is 183 g/mol. The summed E-state index contributed by atoms with van der Waals surface area (Å²) in [5.74, 6) is -0.395. The minimum atomic E-state index is -0.670. The molecular formula is C9H13NO3. The quantitative estimate of drug-likeness (QED) is 0.510. The molecule has 1 aromatic rings. The Balaban J connectivity index is 2.84. The van der Waals surface area contributed by atoms with Crippen molar-refractivity contribution in [1.29, 1.82) is 0 Å². The number of rotatable bonds is 3. The van der Waals surface area contributed by atoms with Gasteiger partial charge in [-0.05, 0) is 24.7 Å². The number of phenols is 2. The van der Waals surface area contributed by atoms with Gasteiger partial charge in [0.2, 0.25) is 0 Å². The molecule has 0 saturated carbocycles. The minimum Gasteiger partial charge on any atom is -0.504 e. The average Bonchev–Trinajstić information content (AvgIpc) is 2.10. The number of hydrogen-bond acceptors (Lipinski definition) is 4. The number of aliphatic hydroxyl groups is 1. The number of benzene rings is 1. The fourth-order valence-corrected chi connectivity index (χ4v) is 1.06. The van der Waals surface area contributed by atoms with E-state index in [-0.39, 0.29) is 11.5 Å². The summed E-state index contributed by atoms with van der Waals surface area (Å²) in [4.78, 5) is 0. The number of likely N-dealkylation sites (N-methyl/N-ethyl adjacent to an activating group) is 1. The molecule has 0 spiro atoms. The highest BCUT2D eigenvalue weighted by atomic mass is 16.3. The molecule has 0 aliphatic rings. The van der Waals surface area contributed by atoms with Gasteiger partial charge in [-0.1, -0.05) is 6.07 Å². The van der Waals surface area contributed by atoms with Gasteiger partial charge in [0, 0.05) is 6.54 Å². The Morgan fingerprint density at radius 2 is 2.00 bits per heavy atom. The van der Waals surface area contributed by atoms with Gasteiger partial charge in [0.05, 0.1) is 6.10 Å². The Morgan fingerprint density at radius 3 is 2.54 bits per heavy atom. The Hall–Kier alpha value is -1.26. The highest BCUT2D eigenvalue weighted by Gasteiger charge is 2.08. The van der Waals surface area contributed by atoms with Gasteiger partial charge >= 0.3 is 0 Å². The van der Waals surface area contributed by atoms with Crippen LogP contribution in [0.2, 0.25) is 0 Å². The molecule has 4 N–H and O–H groups in total. The van der Waals surface area contributed by atoms with Gasteiger partial charge in [0.25, 0.3) is 0 Å². The second-order valence-corrected chi connectivity index (χ2v) is 2.82. The molecular weight excluding hydrogens is 170 g/mol. The first-order valence-electron chi connectivity index (χ1n) is 3.99. The van der Waals surface area contributed by atoms with Crippen LogP contribution in [-0.2, 0) is 0 Å². The molecule has 0 aliphatic heterocycles. The van der Waals surface area contributed by atoms with E-state index >= 15 is 0 Å². The standard InChI is InChI=1S/C9H13NO3/c1-10-5-9(13)6-2-3-7(11)8(12)4-6/h2-4,9-13H,5H2,1H3/t9-/m1/s1. The van der Waals surface area contributed by atoms with Crippen LogP contribution in [-0.4, -0.2) is 28.9 Å². The minimum absolute atomic E-state index is 0.180. The third-order valence-corrected chi connectivity index (χ3v) is 1.78. The van der Waals surface area contributed by atoms with Crippen molar-refractivity contribution in [3.8, 4) is 11.5 Å². The third-order valence-electron chi connectivity index (χ3n) is 1.78. The zero-order valence-electron chi connectivity index (χ0n) is 7.36. The number of aromatic hydroxyl groups is 2. The Kier molecular flexibility index (Phi) is 3.11. The second kappa shape index (κ2) is 4.11. The largest absolute Gasteiger partial charge is 0.504 e. The topological polar surface area (TPSA) is 72.7 Å². The molecule has 1 aromatic carbocycles. The Morgan fingerprint density at radius 1 is 1.31 bits per heavy atom. The Labute approximate surface area is 76.5 Å². The number of aliphatic hydroxyl groups excluding tert-OH is 1. The van der Waals surface area contributed by atoms with E-state index in [0.717, 1.165) is 0 Å². The van der Waals surface area contributed by atoms with E-state index in [0.29, 0.717) is 12.1 Å². The van der Waals surface area contributed by atoms with Crippen molar-refractivity contribution in [1.82, 2.24) is 5.32 Å². The lowest BCUT2D eigenvalue weighted by atomic mass is 10.1. The van der Waals surface area contributed by atoms with Crippen LogP contribution >= 0.6 is 0 Å². The molecule has 4 heteroatoms. The van der Waals surface area contributed by atoms with Gasteiger partial charge in [-0.3, -0.25) is 0 Å². The summed E-state index contributed by atoms with van der Waals surface area (Å²) < 4.78 is 0. The van der Waals surface area contributed by atoms with Crippen molar-refractivity contribution in [2.75, 3.05) is 13.6 Å². The second-order valence-electron chi connectivity index (χ2n) is 2.82. The van der Waals surface area contributed by atoms with E-state index in [1.165, 1.54) is 12.1 Å². The van der Waals surface area contributed by atoms with Crippen molar-refractivity contribution < 1.29 is 15.3 Å². The van der Waals surface area contributed by atoms with E-state index in [1.54, 1.807) is 13.1 Å². The van der Waals surface area contributed by atoms with Crippen LogP contribution in [0.1, 0.15) is 11.7 Å². The summed E-state index contributed by atoms with van der Waals surface area (Å²) in [6, 6.07) is 4.26. The zero-order chi connectivity index (χ0) is 9.84. The summed E-state index contributed by atoms with van der Waals surface area (Å²) in [5.41, 5.74) is 0.574. The molecule has 4 nitrogen and oxygen atoms in total. The van der Waals surface area contributed by atoms with E-state index in [2.05, 4.69) is 5.32 Å². The van der Waals surface area contributed by atoms with Crippen molar-refractivity contribution in [2.45, 2.75) is 6.10 Å². The summed E-state index contributed by atoms with van der Waals surface area (Å²) >= 11 is 0. The predicted octanol–water partition coefficient (Wildman–Crippen LogP) is 0.351. The van der Waals surface area contributed by atoms with Crippen LogP contribution < -0.4 is 5.32 Å². The van der Waals surface area contributed by atoms with E-state index in [9.17, 15) is 5.11 Å². The summed E-state index contributed by atoms with van der Waals surface area (Å²) in [6.45, 7) is 0.407. The summed E-state index contributed by atoms with van der Waals surface area (Å²) in [7, 11) is 1.73. The lowest BCUT2D eigenvalue weighted by Crippen LogP contribution is -2.16. The highest BCUT2D eigenvalue weighted by Crippen LogP contribution is 2.27. The first kappa shape index (κ1) is 9.83. The summed E-state index contributed by atoms with van der Waals surface area (Å²) in [5, 5.41) is 30.4. The molecule has 0 bridgehead atoms. The maximum absolute atomic E-state index is 9.48. The van der Waals surface area contributed by atoms with Crippen LogP contribution in [0.15, 0.2) is 18.2 Å². The van der Waals surface area contributed by atoms with E-state index < -0.39 is 6.10 Å². The molecule has 0 fully saturated rings. The number of phenolic OH excluding ortho intramolecular Hbond substituents is 2. The van der Waals surface area contributed by atoms with Gasteiger partial charge in [0.1, 0.15) is 0 Å². The molecule has 0 unspecified atom stereocenters. The highest BCUT2D eigenvalue weighted by molar-refractivity contribution is 5.41. The first-order valence-corrected chi connectivity index (χ1v) is 3.99. The first-order chi connectivity index (χ1) is 6.15. The van der Waals surface area contributed by atoms with Crippen molar-refractivity contribution in [2.24, 2.45) is 0 Å². The number of hydrogen-bond donors (Lipinski definition) is 4. The lowest BCUT2D eigenvalue weighted by molar-refractivity contribution is 0.177. The smallest absolute Gasteiger partial charge is 0.157 e. The van der Waals surface area contributed by atoms with Crippen LogP contribution in [0.3, 0.4) is 0 Å². The monoisotopic (exact) mass is 183 g/mol. The van der Waals surface area contributed by atoms with Crippen molar-refractivity contribution >= 4 is 0 Å². The van der Waals surface area contributed by atoms with Crippen LogP contribution in [0.4, 0.5) is 0 Å². The lowest BCUT2D eigenvalue weighted by Gasteiger charge is -2.10. The van der Waals surface area contributed by atoms with E-state index in [1.807, 2.05) is 0 Å². The van der Waals surface area contributed by atoms with Gasteiger partial charge < -0.3 is 20.6 Å². The maximum atomic E-state index is 9.48. The SMILES string of the molecule is CNC[C@@H](O)c1ccc(O)c(O)c1. The van der Waals surface area contributed by atoms with Gasteiger partial charge in [-0.2, -0.15) is 0 Å². The van der Waals surface area contributed by atoms with Crippen LogP contribution in [0.5, 0.6) is 11.5 Å². The van der Waals surface area contributed by atoms with Crippen molar-refractivity contribution in [3.63, 3.8) is 0 Å². The molecule has 13 heavy (non-hydrogen) atoms. The zero-order valence-corrected chi connectivity index (χ0v) is 7.36. The molecule has 72 valence electrons. The van der Waals surface area contributed by atoms with Crippen LogP contribution in [0.25, 0.3) is 0 Å². The fourth-order valence-electron chi connectivity index (χ4n) is 1.06. The normalized spacial score (nSPS) is 12.8. The molecule has 0 heterocycles. The maximum Gasteiger partial charge on any atom is 0.157 e. The Bertz CT molecular complexity index is 288. The van der Waals surface area contributed by atoms with Crippen LogP contribution in [0, 0.1) is 0 Å². The van der Waals surface area contributed by atoms with Gasteiger partial charge in [0.15, 0.2) is 11.5 Å².